The van der Waals surface area contributed by atoms with Crippen LogP contribution in [0.5, 0.6) is 0 Å². The van der Waals surface area contributed by atoms with Gasteiger partial charge in [0.25, 0.3) is 5.91 Å². The number of thiocarbonyl (C=S) groups is 1. The Balaban J connectivity index is 2.80. The van der Waals surface area contributed by atoms with Gasteiger partial charge < -0.3 is 5.32 Å². The number of rotatable bonds is 2. The van der Waals surface area contributed by atoms with Crippen molar-refractivity contribution in [3.63, 3.8) is 0 Å². The number of amides is 1. The molecular formula is C7H9NOS3. The maximum Gasteiger partial charge on any atom is 0.263 e. The lowest BCUT2D eigenvalue weighted by Crippen LogP contribution is -2.18. The Bertz CT molecular complexity index is 259. The number of nitrogens with one attached hydrogen (secondary N) is 1. The van der Waals surface area contributed by atoms with Gasteiger partial charge in [-0.05, 0) is 18.8 Å². The summed E-state index contributed by atoms with van der Waals surface area (Å²) >= 11 is 7.93. The van der Waals surface area contributed by atoms with Gasteiger partial charge in [-0.3, -0.25) is 4.79 Å². The predicted octanol–water partition coefficient (Wildman–Crippen LogP) is 1.77. The summed E-state index contributed by atoms with van der Waals surface area (Å²) in [7, 11) is 0. The van der Waals surface area contributed by atoms with E-state index in [9.17, 15) is 4.79 Å². The quantitative estimate of drug-likeness (QED) is 0.566. The molecule has 0 aliphatic carbocycles. The van der Waals surface area contributed by atoms with Crippen molar-refractivity contribution in [1.82, 2.24) is 5.32 Å². The van der Waals surface area contributed by atoms with E-state index in [1.54, 1.807) is 11.8 Å². The van der Waals surface area contributed by atoms with Crippen molar-refractivity contribution in [3.05, 3.63) is 10.5 Å². The molecule has 0 bridgehead atoms. The van der Waals surface area contributed by atoms with E-state index in [1.807, 2.05) is 13.2 Å². The minimum atomic E-state index is -0.0449. The van der Waals surface area contributed by atoms with Crippen LogP contribution < -0.4 is 5.32 Å². The summed E-state index contributed by atoms with van der Waals surface area (Å²) in [5.41, 5.74) is 1.10. The smallest absolute Gasteiger partial charge is 0.263 e. The summed E-state index contributed by atoms with van der Waals surface area (Å²) in [6.07, 6.45) is 2.01. The van der Waals surface area contributed by atoms with E-state index in [4.69, 9.17) is 12.2 Å². The fraction of sp³-hybridized carbons (Fsp3) is 0.429. The van der Waals surface area contributed by atoms with Crippen molar-refractivity contribution in [2.75, 3.05) is 12.0 Å². The van der Waals surface area contributed by atoms with Gasteiger partial charge in [0.1, 0.15) is 4.32 Å². The average molecular weight is 219 g/mol. The number of thioether (sulfide) groups is 2. The number of hydrogen-bond acceptors (Lipinski definition) is 4. The minimum Gasteiger partial charge on any atom is -0.307 e. The normalized spacial score (nSPS) is 21.2. The number of hydrogen-bond donors (Lipinski definition) is 1. The van der Waals surface area contributed by atoms with Gasteiger partial charge >= 0.3 is 0 Å². The summed E-state index contributed by atoms with van der Waals surface area (Å²) in [5, 5.41) is 2.59. The van der Waals surface area contributed by atoms with E-state index < -0.39 is 0 Å². The third-order valence-electron chi connectivity index (χ3n) is 1.37. The molecule has 5 heteroatoms. The highest BCUT2D eigenvalue weighted by Crippen LogP contribution is 2.27. The van der Waals surface area contributed by atoms with Gasteiger partial charge in [-0.2, -0.15) is 11.8 Å². The van der Waals surface area contributed by atoms with Gasteiger partial charge in [-0.25, -0.2) is 0 Å². The number of carbonyl (C=O) groups excluding carboxylic acids is 1. The molecule has 1 amide bonds. The van der Waals surface area contributed by atoms with Gasteiger partial charge in [0, 0.05) is 5.75 Å². The van der Waals surface area contributed by atoms with Crippen LogP contribution in [0.4, 0.5) is 0 Å². The highest BCUT2D eigenvalue weighted by atomic mass is 32.2. The van der Waals surface area contributed by atoms with Crippen LogP contribution in [-0.4, -0.2) is 22.2 Å². The largest absolute Gasteiger partial charge is 0.307 e. The molecule has 12 heavy (non-hydrogen) atoms. The van der Waals surface area contributed by atoms with Crippen LogP contribution in [0.3, 0.4) is 0 Å². The summed E-state index contributed by atoms with van der Waals surface area (Å²) in [4.78, 5) is 12.0. The Morgan fingerprint density at radius 1 is 1.75 bits per heavy atom. The average Bonchev–Trinajstić information content (AvgIpc) is 2.30. The molecule has 1 heterocycles. The highest BCUT2D eigenvalue weighted by Gasteiger charge is 2.23. The van der Waals surface area contributed by atoms with Crippen LogP contribution in [0, 0.1) is 0 Å². The molecule has 1 rings (SSSR count). The molecule has 0 spiro atoms. The van der Waals surface area contributed by atoms with Gasteiger partial charge in [0.15, 0.2) is 0 Å². The molecule has 0 atom stereocenters. The van der Waals surface area contributed by atoms with Gasteiger partial charge in [0.2, 0.25) is 0 Å². The van der Waals surface area contributed by atoms with Crippen molar-refractivity contribution in [2.24, 2.45) is 0 Å². The maximum absolute atomic E-state index is 11.2. The predicted molar refractivity (Wildman–Crippen MR) is 59.4 cm³/mol. The molecule has 2 nitrogen and oxygen atoms in total. The zero-order valence-corrected chi connectivity index (χ0v) is 9.29. The van der Waals surface area contributed by atoms with Gasteiger partial charge in [0.05, 0.1) is 4.91 Å². The van der Waals surface area contributed by atoms with Crippen LogP contribution in [0.25, 0.3) is 0 Å². The fourth-order valence-corrected chi connectivity index (χ4v) is 2.61. The topological polar surface area (TPSA) is 29.1 Å². The Morgan fingerprint density at radius 3 is 2.83 bits per heavy atom. The highest BCUT2D eigenvalue weighted by molar-refractivity contribution is 8.26. The fourth-order valence-electron chi connectivity index (χ4n) is 0.877. The Morgan fingerprint density at radius 2 is 2.42 bits per heavy atom. The van der Waals surface area contributed by atoms with Crippen molar-refractivity contribution < 1.29 is 4.79 Å². The molecule has 0 aromatic heterocycles. The summed E-state index contributed by atoms with van der Waals surface area (Å²) in [6, 6.07) is 0. The standard InChI is InChI=1S/C7H9NOS3/c1-4(3-11-2)5-6(9)8-7(10)12-5/h3H2,1-2H3,(H,8,9,10)/b5-4-. The first-order valence-electron chi connectivity index (χ1n) is 3.37. The zero-order valence-electron chi connectivity index (χ0n) is 6.84. The second-order valence-electron chi connectivity index (χ2n) is 2.39. The molecule has 0 radical (unpaired) electrons. The van der Waals surface area contributed by atoms with E-state index in [0.29, 0.717) is 4.32 Å². The van der Waals surface area contributed by atoms with Crippen LogP contribution in [0.1, 0.15) is 6.92 Å². The Labute approximate surface area is 85.5 Å². The molecule has 1 N–H and O–H groups in total. The second kappa shape index (κ2) is 4.30. The monoisotopic (exact) mass is 219 g/mol. The van der Waals surface area contributed by atoms with Crippen LogP contribution in [-0.2, 0) is 4.79 Å². The maximum atomic E-state index is 11.2. The van der Waals surface area contributed by atoms with Crippen molar-refractivity contribution in [2.45, 2.75) is 6.92 Å². The lowest BCUT2D eigenvalue weighted by Gasteiger charge is -1.99. The van der Waals surface area contributed by atoms with Crippen molar-refractivity contribution in [3.8, 4) is 0 Å². The molecule has 1 aliphatic heterocycles. The molecule has 66 valence electrons. The van der Waals surface area contributed by atoms with Crippen LogP contribution in [0.15, 0.2) is 10.5 Å². The van der Waals surface area contributed by atoms with E-state index >= 15 is 0 Å². The third-order valence-corrected chi connectivity index (χ3v) is 3.46. The molecule has 1 saturated heterocycles. The van der Waals surface area contributed by atoms with E-state index in [-0.39, 0.29) is 5.91 Å². The molecule has 0 aromatic carbocycles. The summed E-state index contributed by atoms with van der Waals surface area (Å²) in [5.74, 6) is 0.842. The first-order valence-corrected chi connectivity index (χ1v) is 5.99. The van der Waals surface area contributed by atoms with Gasteiger partial charge in [-0.15, -0.1) is 0 Å². The van der Waals surface area contributed by atoms with Crippen LogP contribution in [0.2, 0.25) is 0 Å². The van der Waals surface area contributed by atoms with Crippen molar-refractivity contribution >= 4 is 46.0 Å². The molecule has 1 fully saturated rings. The second-order valence-corrected chi connectivity index (χ2v) is 4.94. The number of carbonyl (C=O) groups is 1. The van der Waals surface area contributed by atoms with E-state index in [0.717, 1.165) is 16.2 Å². The Hall–Kier alpha value is -0.000000000000000111. The zero-order chi connectivity index (χ0) is 9.14. The summed E-state index contributed by atoms with van der Waals surface area (Å²) in [6.45, 7) is 1.96. The molecular weight excluding hydrogens is 210 g/mol. The SMILES string of the molecule is CSC/C(C)=C1\SC(=S)NC1=O. The first-order chi connectivity index (χ1) is 5.65. The summed E-state index contributed by atoms with van der Waals surface area (Å²) < 4.78 is 0.565. The molecule has 0 saturated carbocycles. The lowest BCUT2D eigenvalue weighted by molar-refractivity contribution is -0.115. The van der Waals surface area contributed by atoms with E-state index in [1.165, 1.54) is 11.8 Å². The van der Waals surface area contributed by atoms with Crippen LogP contribution >= 0.6 is 35.7 Å². The molecule has 1 aliphatic rings. The van der Waals surface area contributed by atoms with E-state index in [2.05, 4.69) is 5.32 Å². The lowest BCUT2D eigenvalue weighted by atomic mass is 10.3. The van der Waals surface area contributed by atoms with Crippen molar-refractivity contribution in [1.29, 1.82) is 0 Å². The minimum absolute atomic E-state index is 0.0449. The molecule has 0 aromatic rings. The third kappa shape index (κ3) is 2.24. The van der Waals surface area contributed by atoms with Gasteiger partial charge in [-0.1, -0.05) is 24.0 Å². The first kappa shape index (κ1) is 10.1. The Kier molecular flexibility index (Phi) is 3.61. The molecule has 0 unspecified atom stereocenters.